The Kier molecular flexibility index (Phi) is 5.92. The number of anilines is 1. The van der Waals surface area contributed by atoms with Gasteiger partial charge in [-0.25, -0.2) is 9.59 Å². The molecule has 0 saturated carbocycles. The van der Waals surface area contributed by atoms with Gasteiger partial charge in [0, 0.05) is 25.4 Å². The lowest BCUT2D eigenvalue weighted by Crippen LogP contribution is -2.41. The van der Waals surface area contributed by atoms with E-state index in [-0.39, 0.29) is 24.2 Å². The first kappa shape index (κ1) is 15.9. The molecule has 0 atom stereocenters. The minimum absolute atomic E-state index is 0.00650. The van der Waals surface area contributed by atoms with Crippen LogP contribution in [-0.2, 0) is 0 Å². The summed E-state index contributed by atoms with van der Waals surface area (Å²) in [5.74, 6) is -1.10. The number of hydrogen-bond donors (Lipinski definition) is 3. The molecule has 1 rings (SSSR count). The molecule has 0 unspecified atom stereocenters. The highest BCUT2D eigenvalue weighted by Crippen LogP contribution is 2.11. The molecule has 7 heteroatoms. The predicted octanol–water partition coefficient (Wildman–Crippen LogP) is 1.40. The maximum Gasteiger partial charge on any atom is 0.337 e. The Hall–Kier alpha value is -2.15. The van der Waals surface area contributed by atoms with Gasteiger partial charge in [-0.3, -0.25) is 4.98 Å². The number of aromatic nitrogens is 1. The lowest BCUT2D eigenvalue weighted by molar-refractivity contribution is 0.0696. The number of hydrogen-bond acceptors (Lipinski definition) is 4. The molecule has 20 heavy (non-hydrogen) atoms. The van der Waals surface area contributed by atoms with Gasteiger partial charge in [-0.2, -0.15) is 0 Å². The third-order valence-electron chi connectivity index (χ3n) is 2.68. The number of carboxylic acids is 1. The number of nitrogens with one attached hydrogen (secondary N) is 1. The van der Waals surface area contributed by atoms with Gasteiger partial charge in [0.2, 0.25) is 0 Å². The molecule has 1 aromatic heterocycles. The zero-order valence-corrected chi connectivity index (χ0v) is 11.5. The second kappa shape index (κ2) is 7.44. The second-order valence-corrected chi connectivity index (χ2v) is 4.56. The average molecular weight is 281 g/mol. The van der Waals surface area contributed by atoms with Crippen LogP contribution in [0.25, 0.3) is 0 Å². The number of carbonyl (C=O) groups is 2. The molecule has 0 aliphatic carbocycles. The van der Waals surface area contributed by atoms with Gasteiger partial charge in [0.25, 0.3) is 0 Å². The van der Waals surface area contributed by atoms with Gasteiger partial charge >= 0.3 is 12.0 Å². The Morgan fingerprint density at radius 2 is 2.10 bits per heavy atom. The zero-order chi connectivity index (χ0) is 15.1. The first-order valence-electron chi connectivity index (χ1n) is 6.32. The van der Waals surface area contributed by atoms with E-state index in [1.165, 1.54) is 18.5 Å². The predicted molar refractivity (Wildman–Crippen MR) is 73.8 cm³/mol. The van der Waals surface area contributed by atoms with Crippen LogP contribution in [0.5, 0.6) is 0 Å². The second-order valence-electron chi connectivity index (χ2n) is 4.56. The van der Waals surface area contributed by atoms with E-state index in [1.54, 1.807) is 4.90 Å². The zero-order valence-electron chi connectivity index (χ0n) is 11.5. The normalized spacial score (nSPS) is 10.4. The van der Waals surface area contributed by atoms with E-state index in [9.17, 15) is 9.59 Å². The van der Waals surface area contributed by atoms with Gasteiger partial charge in [-0.15, -0.1) is 0 Å². The highest BCUT2D eigenvalue weighted by Gasteiger charge is 2.17. The van der Waals surface area contributed by atoms with Crippen LogP contribution in [0.1, 0.15) is 30.6 Å². The summed E-state index contributed by atoms with van der Waals surface area (Å²) in [7, 11) is 0. The minimum Gasteiger partial charge on any atom is -0.478 e. The van der Waals surface area contributed by atoms with Crippen LogP contribution in [0.3, 0.4) is 0 Å². The van der Waals surface area contributed by atoms with Crippen LogP contribution in [0.15, 0.2) is 18.5 Å². The maximum atomic E-state index is 12.1. The third-order valence-corrected chi connectivity index (χ3v) is 2.68. The molecule has 3 N–H and O–H groups in total. The Morgan fingerprint density at radius 1 is 1.40 bits per heavy atom. The molecule has 0 radical (unpaired) electrons. The van der Waals surface area contributed by atoms with Crippen LogP contribution in [0.4, 0.5) is 10.5 Å². The number of amides is 2. The summed E-state index contributed by atoms with van der Waals surface area (Å²) < 4.78 is 0. The lowest BCUT2D eigenvalue weighted by atomic mass is 10.2. The molecule has 2 amide bonds. The highest BCUT2D eigenvalue weighted by molar-refractivity contribution is 5.92. The Morgan fingerprint density at radius 3 is 2.65 bits per heavy atom. The van der Waals surface area contributed by atoms with E-state index in [0.29, 0.717) is 18.7 Å². The van der Waals surface area contributed by atoms with Gasteiger partial charge in [-0.05, 0) is 26.3 Å². The molecule has 7 nitrogen and oxygen atoms in total. The highest BCUT2D eigenvalue weighted by atomic mass is 16.4. The van der Waals surface area contributed by atoms with Crippen molar-refractivity contribution >= 4 is 17.7 Å². The Labute approximate surface area is 117 Å². The molecule has 0 aromatic carbocycles. The molecule has 1 aromatic rings. The Bertz CT molecular complexity index is 476. The van der Waals surface area contributed by atoms with Gasteiger partial charge < -0.3 is 20.4 Å². The van der Waals surface area contributed by atoms with E-state index >= 15 is 0 Å². The Balaban J connectivity index is 2.77. The van der Waals surface area contributed by atoms with Crippen LogP contribution in [-0.4, -0.2) is 51.3 Å². The van der Waals surface area contributed by atoms with Crippen molar-refractivity contribution in [1.82, 2.24) is 9.88 Å². The van der Waals surface area contributed by atoms with Crippen molar-refractivity contribution in [2.75, 3.05) is 18.5 Å². The fourth-order valence-electron chi connectivity index (χ4n) is 1.66. The van der Waals surface area contributed by atoms with Gasteiger partial charge in [0.1, 0.15) is 0 Å². The van der Waals surface area contributed by atoms with Gasteiger partial charge in [-0.1, -0.05) is 0 Å². The fourth-order valence-corrected chi connectivity index (χ4v) is 1.66. The summed E-state index contributed by atoms with van der Waals surface area (Å²) in [5, 5.41) is 20.3. The summed E-state index contributed by atoms with van der Waals surface area (Å²) in [6.45, 7) is 4.16. The third kappa shape index (κ3) is 4.51. The summed E-state index contributed by atoms with van der Waals surface area (Å²) >= 11 is 0. The van der Waals surface area contributed by atoms with E-state index in [2.05, 4.69) is 10.3 Å². The summed E-state index contributed by atoms with van der Waals surface area (Å²) in [6, 6.07) is 0.965. The number of rotatable bonds is 6. The smallest absolute Gasteiger partial charge is 0.337 e. The molecular weight excluding hydrogens is 262 g/mol. The number of pyridine rings is 1. The number of aliphatic hydroxyl groups excluding tert-OH is 1. The first-order valence-corrected chi connectivity index (χ1v) is 6.32. The van der Waals surface area contributed by atoms with Crippen molar-refractivity contribution in [2.45, 2.75) is 26.3 Å². The van der Waals surface area contributed by atoms with Crippen LogP contribution in [0.2, 0.25) is 0 Å². The quantitative estimate of drug-likeness (QED) is 0.731. The monoisotopic (exact) mass is 281 g/mol. The number of carboxylic acid groups (broad SMARTS) is 1. The number of urea groups is 1. The molecule has 1 heterocycles. The summed E-state index contributed by atoms with van der Waals surface area (Å²) in [4.78, 5) is 28.3. The van der Waals surface area contributed by atoms with Crippen LogP contribution >= 0.6 is 0 Å². The topological polar surface area (TPSA) is 103 Å². The summed E-state index contributed by atoms with van der Waals surface area (Å²) in [6.07, 6.45) is 3.08. The molecule has 0 spiro atoms. The SMILES string of the molecule is CC(C)N(CCCO)C(=O)Nc1cncc(C(=O)O)c1. The molecule has 0 saturated heterocycles. The van der Waals surface area contributed by atoms with E-state index in [0.717, 1.165) is 0 Å². The number of carbonyl (C=O) groups excluding carboxylic acids is 1. The molecule has 0 bridgehead atoms. The molecule has 0 aliphatic rings. The van der Waals surface area contributed by atoms with Crippen molar-refractivity contribution < 1.29 is 19.8 Å². The van der Waals surface area contributed by atoms with Gasteiger partial charge in [0.15, 0.2) is 0 Å². The van der Waals surface area contributed by atoms with Crippen LogP contribution in [0, 0.1) is 0 Å². The first-order chi connectivity index (χ1) is 9.45. The van der Waals surface area contributed by atoms with Crippen molar-refractivity contribution in [2.24, 2.45) is 0 Å². The van der Waals surface area contributed by atoms with E-state index < -0.39 is 5.97 Å². The largest absolute Gasteiger partial charge is 0.478 e. The van der Waals surface area contributed by atoms with Crippen molar-refractivity contribution in [3.05, 3.63) is 24.0 Å². The minimum atomic E-state index is -1.10. The van der Waals surface area contributed by atoms with Crippen molar-refractivity contribution in [3.63, 3.8) is 0 Å². The molecule has 0 fully saturated rings. The van der Waals surface area contributed by atoms with Crippen molar-refractivity contribution in [3.8, 4) is 0 Å². The summed E-state index contributed by atoms with van der Waals surface area (Å²) in [5.41, 5.74) is 0.332. The molecule has 0 aliphatic heterocycles. The van der Waals surface area contributed by atoms with Gasteiger partial charge in [0.05, 0.1) is 17.4 Å². The average Bonchev–Trinajstić information content (AvgIpc) is 2.39. The van der Waals surface area contributed by atoms with Crippen LogP contribution < -0.4 is 5.32 Å². The molecular formula is C13H19N3O4. The maximum absolute atomic E-state index is 12.1. The van der Waals surface area contributed by atoms with Crippen molar-refractivity contribution in [1.29, 1.82) is 0 Å². The van der Waals surface area contributed by atoms with E-state index in [4.69, 9.17) is 10.2 Å². The standard InChI is InChI=1S/C13H19N3O4/c1-9(2)16(4-3-5-17)13(20)15-11-6-10(12(18)19)7-14-8-11/h6-9,17H,3-5H2,1-2H3,(H,15,20)(H,18,19). The molecule has 110 valence electrons. The number of aromatic carboxylic acids is 1. The number of aliphatic hydroxyl groups is 1. The van der Waals surface area contributed by atoms with E-state index in [1.807, 2.05) is 13.8 Å². The number of nitrogens with zero attached hydrogens (tertiary/aromatic N) is 2. The lowest BCUT2D eigenvalue weighted by Gasteiger charge is -2.26. The fraction of sp³-hybridized carbons (Fsp3) is 0.462.